The summed E-state index contributed by atoms with van der Waals surface area (Å²) in [6.45, 7) is 4.29. The Balaban J connectivity index is 2.31. The number of nitrogens with one attached hydrogen (secondary N) is 1. The first-order valence-corrected chi connectivity index (χ1v) is 8.86. The van der Waals surface area contributed by atoms with E-state index in [-0.39, 0.29) is 6.04 Å². The Kier molecular flexibility index (Phi) is 5.37. The van der Waals surface area contributed by atoms with Gasteiger partial charge in [0.15, 0.2) is 0 Å². The first kappa shape index (κ1) is 16.4. The Labute approximate surface area is 128 Å². The predicted octanol–water partition coefficient (Wildman–Crippen LogP) is 0.913. The van der Waals surface area contributed by atoms with E-state index in [1.54, 1.807) is 18.3 Å². The number of rotatable bonds is 5. The van der Waals surface area contributed by atoms with Crippen LogP contribution in [0.1, 0.15) is 18.5 Å². The van der Waals surface area contributed by atoms with E-state index in [1.807, 2.05) is 37.4 Å². The van der Waals surface area contributed by atoms with Crippen molar-refractivity contribution in [2.75, 3.05) is 40.3 Å². The number of sulfonamides is 1. The molecule has 0 spiro atoms. The summed E-state index contributed by atoms with van der Waals surface area (Å²) < 4.78 is 27.4. The van der Waals surface area contributed by atoms with E-state index in [0.29, 0.717) is 13.1 Å². The van der Waals surface area contributed by atoms with Crippen LogP contribution < -0.4 is 5.32 Å². The van der Waals surface area contributed by atoms with E-state index >= 15 is 0 Å². The molecule has 1 aliphatic heterocycles. The molecule has 1 aliphatic rings. The normalized spacial score (nSPS) is 23.1. The summed E-state index contributed by atoms with van der Waals surface area (Å²) in [5.74, 6) is 0. The molecule has 1 saturated heterocycles. The van der Waals surface area contributed by atoms with Crippen LogP contribution in [0.3, 0.4) is 0 Å². The molecule has 0 radical (unpaired) electrons. The highest BCUT2D eigenvalue weighted by Gasteiger charge is 2.37. The maximum Gasteiger partial charge on any atom is 0.218 e. The number of hydrogen-bond donors (Lipinski definition) is 1. The number of nitrogens with zero attached hydrogens (tertiary/aromatic N) is 2. The first-order valence-electron chi connectivity index (χ1n) is 7.35. The molecule has 2 unspecified atom stereocenters. The van der Waals surface area contributed by atoms with Gasteiger partial charge in [-0.05, 0) is 26.6 Å². The summed E-state index contributed by atoms with van der Waals surface area (Å²) in [4.78, 5) is 2.19. The Hall–Kier alpha value is -0.950. The van der Waals surface area contributed by atoms with Crippen molar-refractivity contribution in [2.45, 2.75) is 18.2 Å². The minimum absolute atomic E-state index is 0.103. The Morgan fingerprint density at radius 2 is 1.95 bits per heavy atom. The summed E-state index contributed by atoms with van der Waals surface area (Å²) in [6.07, 6.45) is 0. The van der Waals surface area contributed by atoms with Crippen LogP contribution >= 0.6 is 0 Å². The largest absolute Gasteiger partial charge is 0.318 e. The predicted molar refractivity (Wildman–Crippen MR) is 85.7 cm³/mol. The second kappa shape index (κ2) is 6.87. The van der Waals surface area contributed by atoms with Gasteiger partial charge < -0.3 is 10.2 Å². The maximum absolute atomic E-state index is 12.8. The molecule has 1 aromatic rings. The fourth-order valence-corrected chi connectivity index (χ4v) is 4.50. The van der Waals surface area contributed by atoms with Gasteiger partial charge in [-0.25, -0.2) is 8.42 Å². The Morgan fingerprint density at radius 3 is 2.57 bits per heavy atom. The molecule has 1 fully saturated rings. The second-order valence-electron chi connectivity index (χ2n) is 5.71. The van der Waals surface area contributed by atoms with Gasteiger partial charge in [0.1, 0.15) is 0 Å². The average Bonchev–Trinajstić information content (AvgIpc) is 2.48. The third-order valence-electron chi connectivity index (χ3n) is 4.05. The van der Waals surface area contributed by atoms with Gasteiger partial charge in [0.05, 0.1) is 11.3 Å². The SMILES string of the molecule is CNCC(C)S(=O)(=O)N1CCN(C)CC1c1ccccc1. The lowest BCUT2D eigenvalue weighted by atomic mass is 10.1. The summed E-state index contributed by atoms with van der Waals surface area (Å²) in [5.41, 5.74) is 1.06. The van der Waals surface area contributed by atoms with Gasteiger partial charge >= 0.3 is 0 Å². The van der Waals surface area contributed by atoms with E-state index in [4.69, 9.17) is 0 Å². The van der Waals surface area contributed by atoms with Crippen LogP contribution in [0.15, 0.2) is 30.3 Å². The third kappa shape index (κ3) is 3.63. The molecule has 0 aliphatic carbocycles. The van der Waals surface area contributed by atoms with Crippen molar-refractivity contribution in [1.29, 1.82) is 0 Å². The van der Waals surface area contributed by atoms with Crippen LogP contribution in [0.2, 0.25) is 0 Å². The van der Waals surface area contributed by atoms with Gasteiger partial charge in [-0.15, -0.1) is 0 Å². The minimum Gasteiger partial charge on any atom is -0.318 e. The topological polar surface area (TPSA) is 52.7 Å². The smallest absolute Gasteiger partial charge is 0.218 e. The molecule has 0 aromatic heterocycles. The van der Waals surface area contributed by atoms with Gasteiger partial charge in [0.2, 0.25) is 10.0 Å². The quantitative estimate of drug-likeness (QED) is 0.878. The Bertz CT molecular complexity index is 547. The minimum atomic E-state index is -3.30. The molecule has 21 heavy (non-hydrogen) atoms. The number of hydrogen-bond acceptors (Lipinski definition) is 4. The van der Waals surface area contributed by atoms with Crippen molar-refractivity contribution in [3.8, 4) is 0 Å². The lowest BCUT2D eigenvalue weighted by molar-refractivity contribution is 0.159. The molecular formula is C15H25N3O2S. The first-order chi connectivity index (χ1) is 9.96. The summed E-state index contributed by atoms with van der Waals surface area (Å²) in [6, 6.07) is 9.80. The van der Waals surface area contributed by atoms with Gasteiger partial charge in [0.25, 0.3) is 0 Å². The summed E-state index contributed by atoms with van der Waals surface area (Å²) in [5, 5.41) is 2.54. The second-order valence-corrected chi connectivity index (χ2v) is 8.02. The van der Waals surface area contributed by atoms with Crippen molar-refractivity contribution in [3.05, 3.63) is 35.9 Å². The van der Waals surface area contributed by atoms with E-state index in [9.17, 15) is 8.42 Å². The van der Waals surface area contributed by atoms with Crippen LogP contribution in [0, 0.1) is 0 Å². The van der Waals surface area contributed by atoms with Crippen molar-refractivity contribution in [3.63, 3.8) is 0 Å². The summed E-state index contributed by atoms with van der Waals surface area (Å²) >= 11 is 0. The molecule has 6 heteroatoms. The van der Waals surface area contributed by atoms with E-state index in [0.717, 1.165) is 18.7 Å². The maximum atomic E-state index is 12.8. The molecule has 1 N–H and O–H groups in total. The molecule has 118 valence electrons. The van der Waals surface area contributed by atoms with Gasteiger partial charge in [-0.1, -0.05) is 30.3 Å². The highest BCUT2D eigenvalue weighted by atomic mass is 32.2. The number of benzene rings is 1. The van der Waals surface area contributed by atoms with Gasteiger partial charge in [-0.2, -0.15) is 4.31 Å². The highest BCUT2D eigenvalue weighted by molar-refractivity contribution is 7.89. The van der Waals surface area contributed by atoms with Gasteiger partial charge in [0, 0.05) is 26.2 Å². The lowest BCUT2D eigenvalue weighted by Crippen LogP contribution is -2.52. The molecule has 1 aromatic carbocycles. The zero-order valence-electron chi connectivity index (χ0n) is 13.0. The molecule has 0 saturated carbocycles. The van der Waals surface area contributed by atoms with E-state index in [1.165, 1.54) is 0 Å². The third-order valence-corrected chi connectivity index (χ3v) is 6.32. The molecular weight excluding hydrogens is 286 g/mol. The number of piperazine rings is 1. The molecule has 0 amide bonds. The fourth-order valence-electron chi connectivity index (χ4n) is 2.78. The van der Waals surface area contributed by atoms with E-state index in [2.05, 4.69) is 10.2 Å². The molecule has 0 bridgehead atoms. The standard InChI is InChI=1S/C15H25N3O2S/c1-13(11-16-2)21(19,20)18-10-9-17(3)12-15(18)14-7-5-4-6-8-14/h4-8,13,15-16H,9-12H2,1-3H3. The van der Waals surface area contributed by atoms with Crippen LogP contribution in [-0.4, -0.2) is 63.1 Å². The highest BCUT2D eigenvalue weighted by Crippen LogP contribution is 2.29. The molecule has 2 rings (SSSR count). The van der Waals surface area contributed by atoms with Crippen LogP contribution in [0.5, 0.6) is 0 Å². The van der Waals surface area contributed by atoms with E-state index < -0.39 is 15.3 Å². The monoisotopic (exact) mass is 311 g/mol. The van der Waals surface area contributed by atoms with Crippen molar-refractivity contribution in [2.24, 2.45) is 0 Å². The van der Waals surface area contributed by atoms with Crippen molar-refractivity contribution in [1.82, 2.24) is 14.5 Å². The molecule has 5 nitrogen and oxygen atoms in total. The number of likely N-dealkylation sites (N-methyl/N-ethyl adjacent to an activating group) is 1. The van der Waals surface area contributed by atoms with Crippen molar-refractivity contribution < 1.29 is 8.42 Å². The molecule has 1 heterocycles. The van der Waals surface area contributed by atoms with Crippen LogP contribution in [-0.2, 0) is 10.0 Å². The zero-order chi connectivity index (χ0) is 15.5. The Morgan fingerprint density at radius 1 is 1.29 bits per heavy atom. The fraction of sp³-hybridized carbons (Fsp3) is 0.600. The van der Waals surface area contributed by atoms with Crippen molar-refractivity contribution >= 4 is 10.0 Å². The summed E-state index contributed by atoms with van der Waals surface area (Å²) in [7, 11) is 0.520. The van der Waals surface area contributed by atoms with Crippen LogP contribution in [0.4, 0.5) is 0 Å². The van der Waals surface area contributed by atoms with Crippen LogP contribution in [0.25, 0.3) is 0 Å². The zero-order valence-corrected chi connectivity index (χ0v) is 13.8. The van der Waals surface area contributed by atoms with Gasteiger partial charge in [-0.3, -0.25) is 0 Å². The lowest BCUT2D eigenvalue weighted by Gasteiger charge is -2.40. The molecule has 2 atom stereocenters. The average molecular weight is 311 g/mol.